The van der Waals surface area contributed by atoms with Gasteiger partial charge in [-0.25, -0.2) is 18.0 Å². The first-order chi connectivity index (χ1) is 17.5. The first-order valence-electron chi connectivity index (χ1n) is 12.4. The van der Waals surface area contributed by atoms with Crippen LogP contribution in [0.15, 0.2) is 65.6 Å². The van der Waals surface area contributed by atoms with Gasteiger partial charge >= 0.3 is 12.1 Å². The minimum absolute atomic E-state index is 0.0732. The molecule has 0 spiro atoms. The minimum atomic E-state index is -3.91. The molecule has 0 aromatic heterocycles. The minimum Gasteiger partial charge on any atom is -0.458 e. The van der Waals surface area contributed by atoms with E-state index in [1.54, 1.807) is 84.0 Å². The molecule has 3 rings (SSSR count). The molecule has 8 nitrogen and oxygen atoms in total. The molecule has 0 aliphatic rings. The zero-order chi connectivity index (χ0) is 28.3. The largest absolute Gasteiger partial charge is 0.458 e. The number of carbonyl (C=O) groups is 2. The topological polar surface area (TPSA) is 111 Å². The summed E-state index contributed by atoms with van der Waals surface area (Å²) in [5.74, 6) is -0.621. The van der Waals surface area contributed by atoms with Gasteiger partial charge < -0.3 is 14.8 Å². The monoisotopic (exact) mass is 540 g/mol. The Morgan fingerprint density at radius 1 is 0.868 bits per heavy atom. The van der Waals surface area contributed by atoms with Crippen molar-refractivity contribution in [2.75, 3.05) is 4.72 Å². The number of ether oxygens (including phenoxy) is 2. The predicted octanol–water partition coefficient (Wildman–Crippen LogP) is 5.73. The van der Waals surface area contributed by atoms with Gasteiger partial charge in [-0.05, 0) is 83.2 Å². The van der Waals surface area contributed by atoms with Crippen LogP contribution in [0.3, 0.4) is 0 Å². The quantitative estimate of drug-likeness (QED) is 0.371. The third-order valence-electron chi connectivity index (χ3n) is 5.45. The Bertz CT molecular complexity index is 1430. The summed E-state index contributed by atoms with van der Waals surface area (Å²) in [7, 11) is -3.91. The Kier molecular flexibility index (Phi) is 8.41. The number of amides is 1. The van der Waals surface area contributed by atoms with Gasteiger partial charge in [0.2, 0.25) is 0 Å². The highest BCUT2D eigenvalue weighted by Crippen LogP contribution is 2.26. The molecule has 0 bridgehead atoms. The Hall–Kier alpha value is -3.59. The van der Waals surface area contributed by atoms with Crippen LogP contribution in [0.1, 0.15) is 52.7 Å². The van der Waals surface area contributed by atoms with E-state index in [1.165, 1.54) is 0 Å². The fraction of sp³-hybridized carbons (Fsp3) is 0.379. The van der Waals surface area contributed by atoms with Crippen molar-refractivity contribution in [3.63, 3.8) is 0 Å². The van der Waals surface area contributed by atoms with Gasteiger partial charge in [0.25, 0.3) is 10.0 Å². The number of benzene rings is 3. The van der Waals surface area contributed by atoms with E-state index in [9.17, 15) is 18.0 Å². The molecule has 2 N–H and O–H groups in total. The normalized spacial score (nSPS) is 13.0. The molecule has 0 fully saturated rings. The summed E-state index contributed by atoms with van der Waals surface area (Å²) in [5, 5.41) is 4.04. The highest BCUT2D eigenvalue weighted by Gasteiger charge is 2.29. The van der Waals surface area contributed by atoms with E-state index in [1.807, 2.05) is 25.1 Å². The van der Waals surface area contributed by atoms with Crippen molar-refractivity contribution >= 4 is 38.5 Å². The van der Waals surface area contributed by atoms with Crippen LogP contribution in [0, 0.1) is 6.92 Å². The van der Waals surface area contributed by atoms with Crippen molar-refractivity contribution in [1.29, 1.82) is 0 Å². The van der Waals surface area contributed by atoms with Gasteiger partial charge in [0.15, 0.2) is 0 Å². The maximum absolute atomic E-state index is 13.3. The number of hydrogen-bond donors (Lipinski definition) is 2. The number of fused-ring (bicyclic) bond motifs is 1. The Labute approximate surface area is 224 Å². The molecule has 0 radical (unpaired) electrons. The lowest BCUT2D eigenvalue weighted by atomic mass is 10.00. The zero-order valence-corrected chi connectivity index (χ0v) is 23.7. The first-order valence-corrected chi connectivity index (χ1v) is 13.8. The maximum atomic E-state index is 13.3. The number of carbonyl (C=O) groups excluding carboxylic acids is 2. The number of esters is 1. The Morgan fingerprint density at radius 2 is 1.50 bits per heavy atom. The second kappa shape index (κ2) is 11.0. The smallest absolute Gasteiger partial charge is 0.408 e. The summed E-state index contributed by atoms with van der Waals surface area (Å²) >= 11 is 0. The fourth-order valence-electron chi connectivity index (χ4n) is 3.83. The van der Waals surface area contributed by atoms with Crippen LogP contribution in [0.5, 0.6) is 0 Å². The van der Waals surface area contributed by atoms with Crippen molar-refractivity contribution < 1.29 is 27.5 Å². The molecule has 0 unspecified atom stereocenters. The summed E-state index contributed by atoms with van der Waals surface area (Å²) in [6.45, 7) is 12.2. The number of nitrogens with one attached hydrogen (secondary N) is 2. The Morgan fingerprint density at radius 3 is 2.16 bits per heavy atom. The lowest BCUT2D eigenvalue weighted by Gasteiger charge is -2.26. The summed E-state index contributed by atoms with van der Waals surface area (Å²) in [4.78, 5) is 25.7. The van der Waals surface area contributed by atoms with Crippen LogP contribution in [0.25, 0.3) is 10.8 Å². The molecule has 1 atom stereocenters. The lowest BCUT2D eigenvalue weighted by molar-refractivity contribution is -0.157. The van der Waals surface area contributed by atoms with Crippen molar-refractivity contribution in [1.82, 2.24) is 5.32 Å². The van der Waals surface area contributed by atoms with Gasteiger partial charge in [-0.1, -0.05) is 42.5 Å². The third-order valence-corrected chi connectivity index (χ3v) is 6.89. The molecule has 0 saturated carbocycles. The standard InChI is InChI=1S/C29H36N2O6S/c1-19-15-16-22(31-38(34,35)25-14-10-12-20-11-8-9-13-23(20)25)17-21(19)18-24(26(32)36-28(2,3)4)30-27(33)37-29(5,6)7/h8-17,24,31H,18H2,1-7H3,(H,30,33)/t24-/m0/s1. The molecule has 38 heavy (non-hydrogen) atoms. The third kappa shape index (κ3) is 7.95. The van der Waals surface area contributed by atoms with E-state index in [4.69, 9.17) is 9.47 Å². The van der Waals surface area contributed by atoms with Crippen molar-refractivity contribution in [3.8, 4) is 0 Å². The second-order valence-electron chi connectivity index (χ2n) is 11.2. The molecule has 3 aromatic rings. The second-order valence-corrected chi connectivity index (χ2v) is 12.8. The van der Waals surface area contributed by atoms with Crippen LogP contribution in [-0.2, 0) is 30.7 Å². The van der Waals surface area contributed by atoms with E-state index in [0.29, 0.717) is 16.6 Å². The van der Waals surface area contributed by atoms with Gasteiger partial charge in [-0.15, -0.1) is 0 Å². The van der Waals surface area contributed by atoms with Gasteiger partial charge in [-0.2, -0.15) is 0 Å². The highest BCUT2D eigenvalue weighted by molar-refractivity contribution is 7.93. The molecule has 1 amide bonds. The van der Waals surface area contributed by atoms with E-state index < -0.39 is 39.3 Å². The first kappa shape index (κ1) is 29.0. The molecular weight excluding hydrogens is 504 g/mol. The highest BCUT2D eigenvalue weighted by atomic mass is 32.2. The Balaban J connectivity index is 1.90. The molecule has 0 aliphatic heterocycles. The summed E-state index contributed by atoms with van der Waals surface area (Å²) < 4.78 is 40.2. The molecule has 0 aliphatic carbocycles. The summed E-state index contributed by atoms with van der Waals surface area (Å²) in [5.41, 5.74) is 0.292. The van der Waals surface area contributed by atoms with Gasteiger partial charge in [0.05, 0.1) is 4.90 Å². The van der Waals surface area contributed by atoms with Crippen LogP contribution in [-0.4, -0.2) is 37.7 Å². The van der Waals surface area contributed by atoms with E-state index >= 15 is 0 Å². The molecular formula is C29H36N2O6S. The van der Waals surface area contributed by atoms with Crippen molar-refractivity contribution in [3.05, 3.63) is 71.8 Å². The van der Waals surface area contributed by atoms with Crippen molar-refractivity contribution in [2.24, 2.45) is 0 Å². The van der Waals surface area contributed by atoms with E-state index in [-0.39, 0.29) is 11.3 Å². The van der Waals surface area contributed by atoms with Gasteiger partial charge in [-0.3, -0.25) is 4.72 Å². The predicted molar refractivity (Wildman–Crippen MR) is 149 cm³/mol. The molecule has 204 valence electrons. The lowest BCUT2D eigenvalue weighted by Crippen LogP contribution is -2.47. The van der Waals surface area contributed by atoms with Crippen LogP contribution >= 0.6 is 0 Å². The average molecular weight is 541 g/mol. The van der Waals surface area contributed by atoms with E-state index in [2.05, 4.69) is 10.0 Å². The molecule has 3 aromatic carbocycles. The summed E-state index contributed by atoms with van der Waals surface area (Å²) in [6.07, 6.45) is -0.678. The van der Waals surface area contributed by atoms with Crippen molar-refractivity contribution in [2.45, 2.75) is 77.0 Å². The summed E-state index contributed by atoms with van der Waals surface area (Å²) in [6, 6.07) is 16.4. The van der Waals surface area contributed by atoms with Gasteiger partial charge in [0.1, 0.15) is 17.2 Å². The number of anilines is 1. The average Bonchev–Trinajstić information content (AvgIpc) is 2.77. The SMILES string of the molecule is Cc1ccc(NS(=O)(=O)c2cccc3ccccc23)cc1C[C@H](NC(=O)OC(C)(C)C)C(=O)OC(C)(C)C. The number of sulfonamides is 1. The number of alkyl carbamates (subject to hydrolysis) is 1. The molecule has 9 heteroatoms. The van der Waals surface area contributed by atoms with Gasteiger partial charge in [0, 0.05) is 17.5 Å². The van der Waals surface area contributed by atoms with E-state index in [0.717, 1.165) is 10.9 Å². The fourth-order valence-corrected chi connectivity index (χ4v) is 5.11. The molecule has 0 saturated heterocycles. The molecule has 0 heterocycles. The number of rotatable bonds is 7. The maximum Gasteiger partial charge on any atom is 0.408 e. The zero-order valence-electron chi connectivity index (χ0n) is 22.9. The van der Waals surface area contributed by atoms with Crippen LogP contribution < -0.4 is 10.0 Å². The van der Waals surface area contributed by atoms with Crippen LogP contribution in [0.4, 0.5) is 10.5 Å². The number of hydrogen-bond acceptors (Lipinski definition) is 6. The number of aryl methyl sites for hydroxylation is 1. The van der Waals surface area contributed by atoms with Crippen LogP contribution in [0.2, 0.25) is 0 Å².